The average molecular weight is 204 g/mol. The van der Waals surface area contributed by atoms with Gasteiger partial charge in [0, 0.05) is 17.2 Å². The largest absolute Gasteiger partial charge is 0.388 e. The van der Waals surface area contributed by atoms with Crippen LogP contribution in [0, 0.1) is 5.82 Å². The van der Waals surface area contributed by atoms with E-state index in [0.717, 1.165) is 10.2 Å². The molecule has 0 amide bonds. The van der Waals surface area contributed by atoms with E-state index in [1.54, 1.807) is 7.05 Å². The Labute approximate surface area is 67.4 Å². The molecule has 0 fully saturated rings. The van der Waals surface area contributed by atoms with Gasteiger partial charge in [0.05, 0.1) is 0 Å². The molecule has 0 radical (unpaired) electrons. The highest BCUT2D eigenvalue weighted by atomic mass is 79.9. The predicted molar refractivity (Wildman–Crippen MR) is 43.6 cm³/mol. The molecule has 0 saturated carbocycles. The molecular formula is C7H7BrFN. The highest BCUT2D eigenvalue weighted by molar-refractivity contribution is 9.10. The molecule has 0 bridgehead atoms. The second-order valence-electron chi connectivity index (χ2n) is 1.91. The third-order valence-corrected chi connectivity index (χ3v) is 1.61. The SMILES string of the molecule is CNc1cc(F)cc(Br)c1. The first-order valence-corrected chi connectivity index (χ1v) is 3.65. The molecule has 1 aromatic carbocycles. The minimum Gasteiger partial charge on any atom is -0.388 e. The van der Waals surface area contributed by atoms with Crippen molar-refractivity contribution in [1.82, 2.24) is 0 Å². The van der Waals surface area contributed by atoms with Gasteiger partial charge in [0.2, 0.25) is 0 Å². The Bertz CT molecular complexity index is 217. The Kier molecular flexibility index (Phi) is 2.27. The third kappa shape index (κ3) is 1.70. The van der Waals surface area contributed by atoms with Crippen LogP contribution in [0.15, 0.2) is 22.7 Å². The summed E-state index contributed by atoms with van der Waals surface area (Å²) >= 11 is 3.17. The quantitative estimate of drug-likeness (QED) is 0.741. The minimum absolute atomic E-state index is 0.237. The lowest BCUT2D eigenvalue weighted by Gasteiger charge is -1.99. The van der Waals surface area contributed by atoms with Gasteiger partial charge in [-0.15, -0.1) is 0 Å². The van der Waals surface area contributed by atoms with E-state index in [2.05, 4.69) is 21.2 Å². The van der Waals surface area contributed by atoms with Crippen molar-refractivity contribution in [1.29, 1.82) is 0 Å². The summed E-state index contributed by atoms with van der Waals surface area (Å²) in [4.78, 5) is 0. The Morgan fingerprint density at radius 2 is 2.10 bits per heavy atom. The molecule has 1 nitrogen and oxygen atoms in total. The lowest BCUT2D eigenvalue weighted by atomic mass is 10.3. The van der Waals surface area contributed by atoms with Crippen molar-refractivity contribution in [2.45, 2.75) is 0 Å². The topological polar surface area (TPSA) is 12.0 Å². The Balaban J connectivity index is 3.06. The molecule has 0 saturated heterocycles. The second kappa shape index (κ2) is 3.01. The van der Waals surface area contributed by atoms with Crippen molar-refractivity contribution in [3.63, 3.8) is 0 Å². The molecular weight excluding hydrogens is 197 g/mol. The van der Waals surface area contributed by atoms with Crippen LogP contribution in [0.1, 0.15) is 0 Å². The molecule has 0 aliphatic carbocycles. The molecule has 0 aliphatic heterocycles. The van der Waals surface area contributed by atoms with E-state index in [4.69, 9.17) is 0 Å². The lowest BCUT2D eigenvalue weighted by molar-refractivity contribution is 0.627. The monoisotopic (exact) mass is 203 g/mol. The van der Waals surface area contributed by atoms with Crippen molar-refractivity contribution in [3.8, 4) is 0 Å². The van der Waals surface area contributed by atoms with Gasteiger partial charge in [0.1, 0.15) is 5.82 Å². The number of hydrogen-bond acceptors (Lipinski definition) is 1. The molecule has 0 spiro atoms. The number of benzene rings is 1. The molecule has 1 N–H and O–H groups in total. The van der Waals surface area contributed by atoms with Gasteiger partial charge < -0.3 is 5.32 Å². The van der Waals surface area contributed by atoms with Crippen LogP contribution >= 0.6 is 15.9 Å². The van der Waals surface area contributed by atoms with Crippen molar-refractivity contribution >= 4 is 21.6 Å². The summed E-state index contributed by atoms with van der Waals surface area (Å²) in [7, 11) is 1.75. The van der Waals surface area contributed by atoms with Crippen LogP contribution in [-0.2, 0) is 0 Å². The summed E-state index contributed by atoms with van der Waals surface area (Å²) in [5.74, 6) is -0.237. The van der Waals surface area contributed by atoms with Gasteiger partial charge in [-0.05, 0) is 18.2 Å². The molecule has 0 heterocycles. The maximum absolute atomic E-state index is 12.5. The highest BCUT2D eigenvalue weighted by Crippen LogP contribution is 2.17. The normalized spacial score (nSPS) is 9.50. The molecule has 0 atom stereocenters. The van der Waals surface area contributed by atoms with Crippen molar-refractivity contribution in [2.75, 3.05) is 12.4 Å². The van der Waals surface area contributed by atoms with Crippen LogP contribution in [0.2, 0.25) is 0 Å². The van der Waals surface area contributed by atoms with E-state index >= 15 is 0 Å². The molecule has 0 aliphatic rings. The summed E-state index contributed by atoms with van der Waals surface area (Å²) in [5.41, 5.74) is 0.770. The third-order valence-electron chi connectivity index (χ3n) is 1.15. The number of halogens is 2. The van der Waals surface area contributed by atoms with Crippen LogP contribution in [-0.4, -0.2) is 7.05 Å². The smallest absolute Gasteiger partial charge is 0.126 e. The van der Waals surface area contributed by atoms with Crippen LogP contribution in [0.5, 0.6) is 0 Å². The standard InChI is InChI=1S/C7H7BrFN/c1-10-7-3-5(8)2-6(9)4-7/h2-4,10H,1H3. The minimum atomic E-state index is -0.237. The van der Waals surface area contributed by atoms with Crippen LogP contribution in [0.4, 0.5) is 10.1 Å². The average Bonchev–Trinajstić information content (AvgIpc) is 1.85. The zero-order valence-corrected chi connectivity index (χ0v) is 7.07. The Morgan fingerprint density at radius 1 is 1.40 bits per heavy atom. The molecule has 1 rings (SSSR count). The fourth-order valence-corrected chi connectivity index (χ4v) is 1.16. The van der Waals surface area contributed by atoms with Gasteiger partial charge in [-0.3, -0.25) is 0 Å². The molecule has 54 valence electrons. The van der Waals surface area contributed by atoms with E-state index < -0.39 is 0 Å². The summed E-state index contributed by atoms with van der Waals surface area (Å²) in [6.45, 7) is 0. The van der Waals surface area contributed by atoms with Crippen LogP contribution < -0.4 is 5.32 Å². The first kappa shape index (κ1) is 7.54. The van der Waals surface area contributed by atoms with Crippen molar-refractivity contribution < 1.29 is 4.39 Å². The van der Waals surface area contributed by atoms with Gasteiger partial charge in [-0.1, -0.05) is 15.9 Å². The summed E-state index contributed by atoms with van der Waals surface area (Å²) in [6, 6.07) is 4.66. The maximum Gasteiger partial charge on any atom is 0.126 e. The van der Waals surface area contributed by atoms with Crippen LogP contribution in [0.3, 0.4) is 0 Å². The van der Waals surface area contributed by atoms with Gasteiger partial charge in [0.25, 0.3) is 0 Å². The van der Waals surface area contributed by atoms with Crippen molar-refractivity contribution in [3.05, 3.63) is 28.5 Å². The summed E-state index contributed by atoms with van der Waals surface area (Å²) in [5, 5.41) is 2.84. The summed E-state index contributed by atoms with van der Waals surface area (Å²) < 4.78 is 13.3. The Morgan fingerprint density at radius 3 is 2.60 bits per heavy atom. The van der Waals surface area contributed by atoms with Gasteiger partial charge in [-0.25, -0.2) is 4.39 Å². The van der Waals surface area contributed by atoms with Gasteiger partial charge in [0.15, 0.2) is 0 Å². The van der Waals surface area contributed by atoms with E-state index in [1.807, 2.05) is 6.07 Å². The highest BCUT2D eigenvalue weighted by Gasteiger charge is 1.94. The van der Waals surface area contributed by atoms with E-state index in [0.29, 0.717) is 0 Å². The van der Waals surface area contributed by atoms with Crippen molar-refractivity contribution in [2.24, 2.45) is 0 Å². The molecule has 1 aromatic rings. The number of nitrogens with one attached hydrogen (secondary N) is 1. The fraction of sp³-hybridized carbons (Fsp3) is 0.143. The lowest BCUT2D eigenvalue weighted by Crippen LogP contribution is -1.88. The molecule has 0 aromatic heterocycles. The maximum atomic E-state index is 12.5. The summed E-state index contributed by atoms with van der Waals surface area (Å²) in [6.07, 6.45) is 0. The Hall–Kier alpha value is -0.570. The number of rotatable bonds is 1. The zero-order valence-electron chi connectivity index (χ0n) is 5.49. The number of anilines is 1. The number of hydrogen-bond donors (Lipinski definition) is 1. The van der Waals surface area contributed by atoms with E-state index in [9.17, 15) is 4.39 Å². The first-order valence-electron chi connectivity index (χ1n) is 2.86. The fourth-order valence-electron chi connectivity index (χ4n) is 0.698. The molecule has 10 heavy (non-hydrogen) atoms. The zero-order chi connectivity index (χ0) is 7.56. The van der Waals surface area contributed by atoms with E-state index in [1.165, 1.54) is 12.1 Å². The van der Waals surface area contributed by atoms with Gasteiger partial charge in [-0.2, -0.15) is 0 Å². The van der Waals surface area contributed by atoms with Crippen LogP contribution in [0.25, 0.3) is 0 Å². The van der Waals surface area contributed by atoms with E-state index in [-0.39, 0.29) is 5.82 Å². The second-order valence-corrected chi connectivity index (χ2v) is 2.82. The molecule has 3 heteroatoms. The molecule has 0 unspecified atom stereocenters. The predicted octanol–water partition coefficient (Wildman–Crippen LogP) is 2.63. The first-order chi connectivity index (χ1) is 4.72. The van der Waals surface area contributed by atoms with Gasteiger partial charge >= 0.3 is 0 Å².